The van der Waals surface area contributed by atoms with Crippen molar-refractivity contribution in [3.63, 3.8) is 0 Å². The molecule has 8 rings (SSSR count). The molecule has 0 unspecified atom stereocenters. The van der Waals surface area contributed by atoms with E-state index in [0.717, 1.165) is 22.7 Å². The Balaban J connectivity index is 1.18. The zero-order chi connectivity index (χ0) is 23.7. The van der Waals surface area contributed by atoms with E-state index in [2.05, 4.69) is 17.4 Å². The standard InChI is InChI=1S/C28H26N2O5/c31-25-22(10-16-1-6-23-24(11-16)35-15-34-23)26(32)30(27(33)29-25)21-4-2-20(3-5-21)28-12-17-7-18(13-28)9-19(8-17)14-28/h1-6,10-11,17-19H,7-9,12-15H2,(H,29,31,33)/b22-10+. The summed E-state index contributed by atoms with van der Waals surface area (Å²) in [6.07, 6.45) is 9.36. The van der Waals surface area contributed by atoms with Gasteiger partial charge >= 0.3 is 6.03 Å². The number of hydrogen-bond donors (Lipinski definition) is 1. The first kappa shape index (κ1) is 20.7. The van der Waals surface area contributed by atoms with Crippen molar-refractivity contribution in [2.45, 2.75) is 43.9 Å². The van der Waals surface area contributed by atoms with Gasteiger partial charge < -0.3 is 9.47 Å². The second-order valence-corrected chi connectivity index (χ2v) is 10.8. The predicted molar refractivity (Wildman–Crippen MR) is 128 cm³/mol. The Morgan fingerprint density at radius 1 is 0.857 bits per heavy atom. The molecule has 6 aliphatic rings. The number of barbiturate groups is 1. The van der Waals surface area contributed by atoms with Crippen LogP contribution in [0.2, 0.25) is 0 Å². The highest BCUT2D eigenvalue weighted by atomic mass is 16.7. The molecule has 2 aliphatic heterocycles. The number of nitrogens with one attached hydrogen (secondary N) is 1. The molecule has 7 nitrogen and oxygen atoms in total. The number of benzene rings is 2. The van der Waals surface area contributed by atoms with Gasteiger partial charge in [0.15, 0.2) is 11.5 Å². The normalized spacial score (nSPS) is 31.9. The van der Waals surface area contributed by atoms with E-state index in [-0.39, 0.29) is 17.8 Å². The third-order valence-electron chi connectivity index (χ3n) is 8.59. The van der Waals surface area contributed by atoms with Gasteiger partial charge in [0.2, 0.25) is 6.79 Å². The lowest BCUT2D eigenvalue weighted by Crippen LogP contribution is -2.54. The summed E-state index contributed by atoms with van der Waals surface area (Å²) in [4.78, 5) is 39.6. The van der Waals surface area contributed by atoms with Crippen LogP contribution in [0, 0.1) is 17.8 Å². The fraction of sp³-hybridized carbons (Fsp3) is 0.393. The zero-order valence-electron chi connectivity index (χ0n) is 19.3. The van der Waals surface area contributed by atoms with Gasteiger partial charge in [-0.15, -0.1) is 0 Å². The van der Waals surface area contributed by atoms with Crippen LogP contribution in [0.4, 0.5) is 10.5 Å². The number of fused-ring (bicyclic) bond motifs is 1. The third kappa shape index (κ3) is 3.28. The van der Waals surface area contributed by atoms with E-state index in [1.165, 1.54) is 50.2 Å². The van der Waals surface area contributed by atoms with Gasteiger partial charge in [0.05, 0.1) is 5.69 Å². The fourth-order valence-electron chi connectivity index (χ4n) is 7.49. The van der Waals surface area contributed by atoms with Crippen molar-refractivity contribution in [2.75, 3.05) is 11.7 Å². The SMILES string of the molecule is O=C1NC(=O)N(c2ccc(C34CC5CC(CC(C5)C3)C4)cc2)C(=O)/C1=C/c1ccc2c(c1)OCO2. The molecule has 35 heavy (non-hydrogen) atoms. The fourth-order valence-corrected chi connectivity index (χ4v) is 7.49. The molecule has 7 heteroatoms. The molecular formula is C28H26N2O5. The molecule has 4 saturated carbocycles. The highest BCUT2D eigenvalue weighted by Crippen LogP contribution is 2.60. The molecule has 5 fully saturated rings. The van der Waals surface area contributed by atoms with Gasteiger partial charge in [0, 0.05) is 0 Å². The molecule has 2 aromatic rings. The number of urea groups is 1. The van der Waals surface area contributed by atoms with Crippen LogP contribution in [-0.4, -0.2) is 24.6 Å². The first-order chi connectivity index (χ1) is 17.0. The molecule has 2 heterocycles. The summed E-state index contributed by atoms with van der Waals surface area (Å²) in [5.41, 5.74) is 2.53. The molecule has 1 N–H and O–H groups in total. The minimum absolute atomic E-state index is 0.103. The maximum Gasteiger partial charge on any atom is 0.335 e. The molecule has 4 amide bonds. The van der Waals surface area contributed by atoms with Gasteiger partial charge in [-0.3, -0.25) is 14.9 Å². The number of carbonyl (C=O) groups is 3. The lowest BCUT2D eigenvalue weighted by atomic mass is 9.48. The largest absolute Gasteiger partial charge is 0.454 e. The predicted octanol–water partition coefficient (Wildman–Crippen LogP) is 4.55. The molecule has 2 aromatic carbocycles. The maximum atomic E-state index is 13.3. The van der Waals surface area contributed by atoms with Gasteiger partial charge in [0.1, 0.15) is 5.57 Å². The number of anilines is 1. The average molecular weight is 471 g/mol. The highest BCUT2D eigenvalue weighted by molar-refractivity contribution is 6.39. The van der Waals surface area contributed by atoms with E-state index in [0.29, 0.717) is 22.7 Å². The number of ether oxygens (including phenoxy) is 2. The van der Waals surface area contributed by atoms with Crippen molar-refractivity contribution in [3.05, 3.63) is 59.2 Å². The van der Waals surface area contributed by atoms with Gasteiger partial charge in [-0.1, -0.05) is 18.2 Å². The van der Waals surface area contributed by atoms with E-state index in [9.17, 15) is 14.4 Å². The molecule has 0 aromatic heterocycles. The Labute approximate surface area is 203 Å². The number of nitrogens with zero attached hydrogens (tertiary/aromatic N) is 1. The molecule has 178 valence electrons. The van der Waals surface area contributed by atoms with E-state index in [1.807, 2.05) is 12.1 Å². The zero-order valence-corrected chi connectivity index (χ0v) is 19.3. The first-order valence-electron chi connectivity index (χ1n) is 12.4. The van der Waals surface area contributed by atoms with Crippen molar-refractivity contribution in [1.82, 2.24) is 5.32 Å². The summed E-state index contributed by atoms with van der Waals surface area (Å²) in [5, 5.41) is 2.31. The Kier molecular flexibility index (Phi) is 4.41. The summed E-state index contributed by atoms with van der Waals surface area (Å²) in [6.45, 7) is 0.135. The monoisotopic (exact) mass is 470 g/mol. The summed E-state index contributed by atoms with van der Waals surface area (Å²) >= 11 is 0. The molecule has 0 spiro atoms. The van der Waals surface area contributed by atoms with Crippen LogP contribution in [0.25, 0.3) is 6.08 Å². The van der Waals surface area contributed by atoms with Crippen LogP contribution in [-0.2, 0) is 15.0 Å². The second-order valence-electron chi connectivity index (χ2n) is 10.8. The van der Waals surface area contributed by atoms with E-state index in [1.54, 1.807) is 18.2 Å². The van der Waals surface area contributed by atoms with Crippen molar-refractivity contribution >= 4 is 29.6 Å². The van der Waals surface area contributed by atoms with Crippen molar-refractivity contribution in [2.24, 2.45) is 17.8 Å². The molecule has 4 bridgehead atoms. The smallest absolute Gasteiger partial charge is 0.335 e. The number of imide groups is 2. The first-order valence-corrected chi connectivity index (χ1v) is 12.4. The van der Waals surface area contributed by atoms with Gasteiger partial charge in [0.25, 0.3) is 11.8 Å². The summed E-state index contributed by atoms with van der Waals surface area (Å²) in [5.74, 6) is 2.33. The Bertz CT molecular complexity index is 1260. The number of rotatable bonds is 3. The van der Waals surface area contributed by atoms with E-state index < -0.39 is 17.8 Å². The summed E-state index contributed by atoms with van der Waals surface area (Å²) < 4.78 is 10.7. The Hall–Kier alpha value is -3.61. The van der Waals surface area contributed by atoms with Crippen LogP contribution < -0.4 is 19.7 Å². The van der Waals surface area contributed by atoms with E-state index >= 15 is 0 Å². The Morgan fingerprint density at radius 3 is 2.20 bits per heavy atom. The molecule has 0 atom stereocenters. The molecule has 1 saturated heterocycles. The molecular weight excluding hydrogens is 444 g/mol. The van der Waals surface area contributed by atoms with Gasteiger partial charge in [-0.2, -0.15) is 0 Å². The van der Waals surface area contributed by atoms with Crippen LogP contribution in [0.1, 0.15) is 49.7 Å². The second kappa shape index (κ2) is 7.44. The van der Waals surface area contributed by atoms with Crippen molar-refractivity contribution in [3.8, 4) is 11.5 Å². The summed E-state index contributed by atoms with van der Waals surface area (Å²) in [6, 6.07) is 12.3. The minimum atomic E-state index is -0.731. The third-order valence-corrected chi connectivity index (χ3v) is 8.59. The highest BCUT2D eigenvalue weighted by Gasteiger charge is 2.51. The topological polar surface area (TPSA) is 84.9 Å². The van der Waals surface area contributed by atoms with Gasteiger partial charge in [-0.25, -0.2) is 9.69 Å². The van der Waals surface area contributed by atoms with Crippen molar-refractivity contribution < 1.29 is 23.9 Å². The van der Waals surface area contributed by atoms with Crippen LogP contribution in [0.3, 0.4) is 0 Å². The summed E-state index contributed by atoms with van der Waals surface area (Å²) in [7, 11) is 0. The van der Waals surface area contributed by atoms with Crippen molar-refractivity contribution in [1.29, 1.82) is 0 Å². The number of hydrogen-bond acceptors (Lipinski definition) is 5. The molecule has 4 aliphatic carbocycles. The van der Waals surface area contributed by atoms with Gasteiger partial charge in [-0.05, 0) is 103 Å². The van der Waals surface area contributed by atoms with Crippen LogP contribution >= 0.6 is 0 Å². The number of carbonyl (C=O) groups excluding carboxylic acids is 3. The minimum Gasteiger partial charge on any atom is -0.454 e. The van der Waals surface area contributed by atoms with Crippen LogP contribution in [0.15, 0.2) is 48.0 Å². The lowest BCUT2D eigenvalue weighted by Gasteiger charge is -2.57. The Morgan fingerprint density at radius 2 is 1.51 bits per heavy atom. The quantitative estimate of drug-likeness (QED) is 0.526. The number of amides is 4. The maximum absolute atomic E-state index is 13.3. The average Bonchev–Trinajstić information content (AvgIpc) is 3.29. The van der Waals surface area contributed by atoms with E-state index in [4.69, 9.17) is 9.47 Å². The molecule has 0 radical (unpaired) electrons. The van der Waals surface area contributed by atoms with Crippen LogP contribution in [0.5, 0.6) is 11.5 Å². The lowest BCUT2D eigenvalue weighted by molar-refractivity contribution is -0.122.